The molecule has 0 bridgehead atoms. The molecule has 1 aromatic carbocycles. The predicted octanol–water partition coefficient (Wildman–Crippen LogP) is 2.01. The molecule has 126 valence electrons. The summed E-state index contributed by atoms with van der Waals surface area (Å²) >= 11 is 0. The van der Waals surface area contributed by atoms with Crippen LogP contribution in [0.25, 0.3) is 0 Å². The van der Waals surface area contributed by atoms with Crippen molar-refractivity contribution in [1.82, 2.24) is 9.97 Å². The second-order valence-electron chi connectivity index (χ2n) is 5.15. The molecule has 0 radical (unpaired) electrons. The molecule has 0 saturated heterocycles. The third kappa shape index (κ3) is 3.16. The molecule has 5 N–H and O–H groups in total. The van der Waals surface area contributed by atoms with Crippen molar-refractivity contribution < 1.29 is 22.7 Å². The number of nitrogens with two attached hydrogens (primary N) is 2. The molecular formula is C14H12F3N5O2. The molecule has 1 aliphatic rings. The SMILES string of the molecule is Nc1nc(N)c2c(n1)NC(=O)C[C@@H]2c1ccc(OC(F)(F)F)cc1. The van der Waals surface area contributed by atoms with E-state index in [1.165, 1.54) is 24.3 Å². The van der Waals surface area contributed by atoms with E-state index in [0.29, 0.717) is 11.1 Å². The molecule has 24 heavy (non-hydrogen) atoms. The van der Waals surface area contributed by atoms with Gasteiger partial charge in [-0.05, 0) is 17.7 Å². The molecule has 1 amide bonds. The lowest BCUT2D eigenvalue weighted by Crippen LogP contribution is -2.26. The Kier molecular flexibility index (Phi) is 3.66. The first-order valence-electron chi connectivity index (χ1n) is 6.81. The lowest BCUT2D eigenvalue weighted by Gasteiger charge is -2.26. The summed E-state index contributed by atoms with van der Waals surface area (Å²) in [5, 5.41) is 2.56. The summed E-state index contributed by atoms with van der Waals surface area (Å²) in [6.45, 7) is 0. The number of anilines is 3. The lowest BCUT2D eigenvalue weighted by atomic mass is 9.86. The van der Waals surface area contributed by atoms with Crippen molar-refractivity contribution in [3.63, 3.8) is 0 Å². The van der Waals surface area contributed by atoms with Crippen LogP contribution in [-0.4, -0.2) is 22.2 Å². The molecule has 10 heteroatoms. The van der Waals surface area contributed by atoms with Gasteiger partial charge in [0.05, 0.1) is 0 Å². The molecule has 0 fully saturated rings. The number of hydrogen-bond donors (Lipinski definition) is 3. The number of hydrogen-bond acceptors (Lipinski definition) is 6. The standard InChI is InChI=1S/C14H12F3N5O2/c15-14(16,17)24-7-3-1-6(2-4-7)8-5-9(23)20-12-10(8)11(18)21-13(19)22-12/h1-4,8H,5H2,(H5,18,19,20,21,22,23)/t8-/m1/s1. The van der Waals surface area contributed by atoms with Gasteiger partial charge in [-0.25, -0.2) is 0 Å². The van der Waals surface area contributed by atoms with Gasteiger partial charge in [0.1, 0.15) is 17.4 Å². The fourth-order valence-electron chi connectivity index (χ4n) is 2.60. The van der Waals surface area contributed by atoms with E-state index in [9.17, 15) is 18.0 Å². The summed E-state index contributed by atoms with van der Waals surface area (Å²) in [5.41, 5.74) is 12.5. The zero-order valence-corrected chi connectivity index (χ0v) is 12.1. The minimum Gasteiger partial charge on any atom is -0.406 e. The maximum atomic E-state index is 12.2. The molecule has 2 heterocycles. The van der Waals surface area contributed by atoms with Gasteiger partial charge in [0.2, 0.25) is 11.9 Å². The summed E-state index contributed by atoms with van der Waals surface area (Å²) in [6.07, 6.45) is -4.71. The van der Waals surface area contributed by atoms with Crippen molar-refractivity contribution in [3.05, 3.63) is 35.4 Å². The number of alkyl halides is 3. The second kappa shape index (κ2) is 5.55. The Morgan fingerprint density at radius 3 is 2.46 bits per heavy atom. The van der Waals surface area contributed by atoms with Crippen molar-refractivity contribution in [3.8, 4) is 5.75 Å². The Morgan fingerprint density at radius 1 is 1.17 bits per heavy atom. The Hall–Kier alpha value is -3.04. The Labute approximate surface area is 133 Å². The highest BCUT2D eigenvalue weighted by atomic mass is 19.4. The van der Waals surface area contributed by atoms with E-state index in [0.717, 1.165) is 0 Å². The smallest absolute Gasteiger partial charge is 0.406 e. The van der Waals surface area contributed by atoms with Gasteiger partial charge in [-0.15, -0.1) is 13.2 Å². The Bertz CT molecular complexity index is 792. The number of nitrogen functional groups attached to an aromatic ring is 2. The van der Waals surface area contributed by atoms with Crippen molar-refractivity contribution in [2.75, 3.05) is 16.8 Å². The van der Waals surface area contributed by atoms with E-state index >= 15 is 0 Å². The fraction of sp³-hybridized carbons (Fsp3) is 0.214. The van der Waals surface area contributed by atoms with Crippen molar-refractivity contribution >= 4 is 23.5 Å². The highest BCUT2D eigenvalue weighted by Gasteiger charge is 2.32. The Balaban J connectivity index is 1.97. The molecule has 1 atom stereocenters. The first kappa shape index (κ1) is 15.8. The van der Waals surface area contributed by atoms with Crippen LogP contribution in [0.2, 0.25) is 0 Å². The fourth-order valence-corrected chi connectivity index (χ4v) is 2.60. The molecule has 1 aliphatic heterocycles. The van der Waals surface area contributed by atoms with E-state index in [-0.39, 0.29) is 35.7 Å². The predicted molar refractivity (Wildman–Crippen MR) is 79.1 cm³/mol. The second-order valence-corrected chi connectivity index (χ2v) is 5.15. The molecule has 1 aromatic heterocycles. The van der Waals surface area contributed by atoms with E-state index in [1.807, 2.05) is 0 Å². The van der Waals surface area contributed by atoms with Crippen LogP contribution in [0.15, 0.2) is 24.3 Å². The monoisotopic (exact) mass is 339 g/mol. The number of aromatic nitrogens is 2. The first-order chi connectivity index (χ1) is 11.2. The van der Waals surface area contributed by atoms with Crippen LogP contribution in [0.1, 0.15) is 23.5 Å². The number of carbonyl (C=O) groups excluding carboxylic acids is 1. The summed E-state index contributed by atoms with van der Waals surface area (Å²) in [7, 11) is 0. The number of ether oxygens (including phenoxy) is 1. The third-order valence-electron chi connectivity index (χ3n) is 3.50. The maximum absolute atomic E-state index is 12.2. The molecule has 7 nitrogen and oxygen atoms in total. The van der Waals surface area contributed by atoms with Gasteiger partial charge in [0.15, 0.2) is 0 Å². The number of benzene rings is 1. The largest absolute Gasteiger partial charge is 0.573 e. The van der Waals surface area contributed by atoms with Crippen LogP contribution in [0.5, 0.6) is 5.75 Å². The van der Waals surface area contributed by atoms with E-state index < -0.39 is 12.3 Å². The number of rotatable bonds is 2. The molecule has 0 unspecified atom stereocenters. The Morgan fingerprint density at radius 2 is 1.83 bits per heavy atom. The molecule has 0 aliphatic carbocycles. The average molecular weight is 339 g/mol. The minimum atomic E-state index is -4.77. The van der Waals surface area contributed by atoms with Crippen molar-refractivity contribution in [2.24, 2.45) is 0 Å². The van der Waals surface area contributed by atoms with E-state index in [1.54, 1.807) is 0 Å². The minimum absolute atomic E-state index is 0.0595. The lowest BCUT2D eigenvalue weighted by molar-refractivity contribution is -0.274. The number of fused-ring (bicyclic) bond motifs is 1. The molecular weight excluding hydrogens is 327 g/mol. The van der Waals surface area contributed by atoms with Gasteiger partial charge in [-0.1, -0.05) is 12.1 Å². The summed E-state index contributed by atoms with van der Waals surface area (Å²) in [6, 6.07) is 5.21. The van der Waals surface area contributed by atoms with Crippen molar-refractivity contribution in [1.29, 1.82) is 0 Å². The molecule has 2 aromatic rings. The number of nitrogens with one attached hydrogen (secondary N) is 1. The van der Waals surface area contributed by atoms with Gasteiger partial charge >= 0.3 is 6.36 Å². The van der Waals surface area contributed by atoms with Gasteiger partial charge in [-0.3, -0.25) is 4.79 Å². The number of carbonyl (C=O) groups is 1. The van der Waals surface area contributed by atoms with Crippen LogP contribution in [-0.2, 0) is 4.79 Å². The van der Waals surface area contributed by atoms with Crippen LogP contribution in [0.4, 0.5) is 30.8 Å². The number of nitrogens with zero attached hydrogens (tertiary/aromatic N) is 2. The summed E-state index contributed by atoms with van der Waals surface area (Å²) in [5.74, 6) is -0.917. The third-order valence-corrected chi connectivity index (χ3v) is 3.50. The van der Waals surface area contributed by atoms with Crippen LogP contribution >= 0.6 is 0 Å². The number of amides is 1. The summed E-state index contributed by atoms with van der Waals surface area (Å²) in [4.78, 5) is 19.7. The zero-order chi connectivity index (χ0) is 17.5. The van der Waals surface area contributed by atoms with Gasteiger partial charge in [0.25, 0.3) is 0 Å². The van der Waals surface area contributed by atoms with Crippen LogP contribution in [0.3, 0.4) is 0 Å². The van der Waals surface area contributed by atoms with Crippen LogP contribution in [0, 0.1) is 0 Å². The van der Waals surface area contributed by atoms with Crippen LogP contribution < -0.4 is 21.5 Å². The van der Waals surface area contributed by atoms with Crippen molar-refractivity contribution in [2.45, 2.75) is 18.7 Å². The van der Waals surface area contributed by atoms with Gasteiger partial charge < -0.3 is 21.5 Å². The molecule has 0 spiro atoms. The first-order valence-corrected chi connectivity index (χ1v) is 6.81. The molecule has 0 saturated carbocycles. The quantitative estimate of drug-likeness (QED) is 0.771. The number of halogens is 3. The highest BCUT2D eigenvalue weighted by Crippen LogP contribution is 2.39. The van der Waals surface area contributed by atoms with E-state index in [2.05, 4.69) is 20.0 Å². The zero-order valence-electron chi connectivity index (χ0n) is 12.1. The topological polar surface area (TPSA) is 116 Å². The van der Waals surface area contributed by atoms with E-state index in [4.69, 9.17) is 11.5 Å². The average Bonchev–Trinajstić information content (AvgIpc) is 2.44. The highest BCUT2D eigenvalue weighted by molar-refractivity contribution is 5.95. The maximum Gasteiger partial charge on any atom is 0.573 e. The molecule has 3 rings (SSSR count). The normalized spacial score (nSPS) is 17.1. The van der Waals surface area contributed by atoms with Gasteiger partial charge in [-0.2, -0.15) is 9.97 Å². The summed E-state index contributed by atoms with van der Waals surface area (Å²) < 4.78 is 40.5. The van der Waals surface area contributed by atoms with Gasteiger partial charge in [0, 0.05) is 17.9 Å².